The highest BCUT2D eigenvalue weighted by molar-refractivity contribution is 14.4. The highest BCUT2D eigenvalue weighted by Gasteiger charge is 2.16. The fraction of sp³-hybridized carbons (Fsp3) is 0.143. The zero-order chi connectivity index (χ0) is 19.1. The Bertz CT molecular complexity index is 689. The Hall–Kier alpha value is 0.345. The third-order valence-electron chi connectivity index (χ3n) is 3.88. The molecule has 0 amide bonds. The molecule has 3 aromatic rings. The summed E-state index contributed by atoms with van der Waals surface area (Å²) in [5, 5.41) is 4.23. The minimum absolute atomic E-state index is 0.483. The van der Waals surface area contributed by atoms with E-state index in [0.29, 0.717) is 0 Å². The largest absolute Gasteiger partial charge is 0.355 e. The summed E-state index contributed by atoms with van der Waals surface area (Å²) in [6, 6.07) is 27.0. The summed E-state index contributed by atoms with van der Waals surface area (Å²) < 4.78 is 0.743. The van der Waals surface area contributed by atoms with Crippen molar-refractivity contribution in [2.75, 3.05) is 0 Å². The number of halogens is 3. The van der Waals surface area contributed by atoms with Crippen molar-refractivity contribution < 1.29 is 0 Å². The van der Waals surface area contributed by atoms with Gasteiger partial charge in [0.25, 0.3) is 0 Å². The van der Waals surface area contributed by atoms with Gasteiger partial charge in [0.15, 0.2) is 0 Å². The fourth-order valence-corrected chi connectivity index (χ4v) is 4.76. The Morgan fingerprint density at radius 1 is 0.500 bits per heavy atom. The van der Waals surface area contributed by atoms with Gasteiger partial charge < -0.3 is 0 Å². The van der Waals surface area contributed by atoms with Gasteiger partial charge in [-0.15, -0.1) is 67.1 Å². The average molecular weight is 696 g/mol. The Labute approximate surface area is 199 Å². The first-order chi connectivity index (χ1) is 12.4. The van der Waals surface area contributed by atoms with Crippen LogP contribution in [0.2, 0.25) is 0 Å². The van der Waals surface area contributed by atoms with E-state index in [1.807, 2.05) is 0 Å². The SMILES string of the molecule is Cc1ccc(P(c2ccc(C)cc2)c2ccc(C)cc2)cc1.IB(I)I. The number of rotatable bonds is 3. The van der Waals surface area contributed by atoms with Gasteiger partial charge in [0.1, 0.15) is 0 Å². The van der Waals surface area contributed by atoms with E-state index in [1.54, 1.807) is 0 Å². The summed E-state index contributed by atoms with van der Waals surface area (Å²) in [6.45, 7) is 6.43. The number of hydrogen-bond acceptors (Lipinski definition) is 0. The second-order valence-corrected chi connectivity index (χ2v) is 19.2. The predicted molar refractivity (Wildman–Crippen MR) is 147 cm³/mol. The number of hydrogen-bond donors (Lipinski definition) is 0. The van der Waals surface area contributed by atoms with Gasteiger partial charge in [-0.2, -0.15) is 0 Å². The van der Waals surface area contributed by atoms with Crippen molar-refractivity contribution in [3.8, 4) is 0 Å². The fourth-order valence-electron chi connectivity index (χ4n) is 2.53. The van der Waals surface area contributed by atoms with Crippen molar-refractivity contribution in [2.24, 2.45) is 0 Å². The van der Waals surface area contributed by atoms with E-state index in [4.69, 9.17) is 0 Å². The lowest BCUT2D eigenvalue weighted by Crippen LogP contribution is -2.20. The summed E-state index contributed by atoms with van der Waals surface area (Å²) >= 11 is 6.95. The van der Waals surface area contributed by atoms with Crippen LogP contribution in [0.5, 0.6) is 0 Å². The van der Waals surface area contributed by atoms with Gasteiger partial charge in [-0.25, -0.2) is 0 Å². The van der Waals surface area contributed by atoms with Crippen molar-refractivity contribution >= 4 is 91.2 Å². The first-order valence-corrected chi connectivity index (χ1v) is 13.4. The van der Waals surface area contributed by atoms with E-state index in [1.165, 1.54) is 32.6 Å². The standard InChI is InChI=1S/C21H21P.BI3/c1-16-4-10-19(11-5-16)22(20-12-6-17(2)7-13-20)21-14-8-18(3)9-15-21;2-1(3)4/h4-15H,1-3H3;. The van der Waals surface area contributed by atoms with Crippen LogP contribution in [0.1, 0.15) is 16.7 Å². The molecule has 0 N–H and O–H groups in total. The summed E-state index contributed by atoms with van der Waals surface area (Å²) in [6.07, 6.45) is 0. The van der Waals surface area contributed by atoms with Crippen molar-refractivity contribution in [1.29, 1.82) is 0 Å². The normalized spacial score (nSPS) is 10.3. The second-order valence-electron chi connectivity index (χ2n) is 6.09. The molecule has 0 nitrogen and oxygen atoms in total. The lowest BCUT2D eigenvalue weighted by atomic mass is 10.2. The molecular formula is C21H21BI3P. The Morgan fingerprint density at radius 2 is 0.692 bits per heavy atom. The van der Waals surface area contributed by atoms with E-state index >= 15 is 0 Å². The van der Waals surface area contributed by atoms with Crippen molar-refractivity contribution in [3.05, 3.63) is 89.5 Å². The van der Waals surface area contributed by atoms with Gasteiger partial charge in [0, 0.05) is 0 Å². The van der Waals surface area contributed by atoms with Gasteiger partial charge >= 0.3 is 0.282 Å². The molecule has 0 heterocycles. The Kier molecular flexibility index (Phi) is 9.90. The average Bonchev–Trinajstić information content (AvgIpc) is 2.60. The lowest BCUT2D eigenvalue weighted by molar-refractivity contribution is 1.48. The highest BCUT2D eigenvalue weighted by Crippen LogP contribution is 2.32. The molecule has 0 aromatic heterocycles. The molecule has 0 aliphatic heterocycles. The first kappa shape index (κ1) is 22.6. The number of aryl methyl sites for hydroxylation is 3. The van der Waals surface area contributed by atoms with Crippen LogP contribution in [0.15, 0.2) is 72.8 Å². The van der Waals surface area contributed by atoms with Crippen LogP contribution >= 0.6 is 75.0 Å². The molecular weight excluding hydrogens is 675 g/mol. The van der Waals surface area contributed by atoms with E-state index in [-0.39, 0.29) is 0 Å². The van der Waals surface area contributed by atoms with Crippen LogP contribution in [-0.2, 0) is 0 Å². The third kappa shape index (κ3) is 7.40. The Balaban J connectivity index is 0.000000552. The van der Waals surface area contributed by atoms with E-state index in [2.05, 4.69) is 161 Å². The molecule has 3 rings (SSSR count). The molecule has 0 saturated carbocycles. The van der Waals surface area contributed by atoms with E-state index < -0.39 is 7.92 Å². The topological polar surface area (TPSA) is 0 Å². The van der Waals surface area contributed by atoms with Gasteiger partial charge in [0.05, 0.1) is 0 Å². The molecule has 0 bridgehead atoms. The zero-order valence-electron chi connectivity index (χ0n) is 15.1. The molecule has 26 heavy (non-hydrogen) atoms. The molecule has 134 valence electrons. The zero-order valence-corrected chi connectivity index (χ0v) is 22.5. The molecule has 0 radical (unpaired) electrons. The predicted octanol–water partition coefficient (Wildman–Crippen LogP) is 6.65. The van der Waals surface area contributed by atoms with Crippen molar-refractivity contribution in [2.45, 2.75) is 20.8 Å². The molecule has 0 fully saturated rings. The highest BCUT2D eigenvalue weighted by atomic mass is 127. The maximum Gasteiger partial charge on any atom is 0.355 e. The molecule has 0 spiro atoms. The van der Waals surface area contributed by atoms with Crippen LogP contribution in [-0.4, -0.2) is 0.282 Å². The molecule has 0 aliphatic carbocycles. The third-order valence-corrected chi connectivity index (χ3v) is 6.32. The van der Waals surface area contributed by atoms with Gasteiger partial charge in [-0.05, 0) is 44.6 Å². The van der Waals surface area contributed by atoms with Gasteiger partial charge in [-0.1, -0.05) is 89.5 Å². The van der Waals surface area contributed by atoms with E-state index in [9.17, 15) is 0 Å². The quantitative estimate of drug-likeness (QED) is 0.164. The molecule has 0 aliphatic rings. The summed E-state index contributed by atoms with van der Waals surface area (Å²) in [5.74, 6) is 0. The lowest BCUT2D eigenvalue weighted by Gasteiger charge is -2.20. The van der Waals surface area contributed by atoms with Crippen LogP contribution in [0.3, 0.4) is 0 Å². The molecule has 3 aromatic carbocycles. The summed E-state index contributed by atoms with van der Waals surface area (Å²) in [4.78, 5) is 0. The molecule has 0 saturated heterocycles. The van der Waals surface area contributed by atoms with Gasteiger partial charge in [-0.3, -0.25) is 0 Å². The molecule has 0 unspecified atom stereocenters. The van der Waals surface area contributed by atoms with E-state index in [0.717, 1.165) is 0.282 Å². The minimum Gasteiger partial charge on any atom is -0.118 e. The van der Waals surface area contributed by atoms with Crippen LogP contribution in [0, 0.1) is 20.8 Å². The molecule has 0 atom stereocenters. The maximum absolute atomic E-state index is 2.32. The second kappa shape index (κ2) is 11.4. The maximum atomic E-state index is 2.32. The first-order valence-electron chi connectivity index (χ1n) is 8.29. The summed E-state index contributed by atoms with van der Waals surface area (Å²) in [5.41, 5.74) is 3.93. The monoisotopic (exact) mass is 696 g/mol. The molecule has 5 heteroatoms. The number of benzene rings is 3. The smallest absolute Gasteiger partial charge is 0.118 e. The minimum atomic E-state index is -0.483. The van der Waals surface area contributed by atoms with Crippen molar-refractivity contribution in [3.63, 3.8) is 0 Å². The van der Waals surface area contributed by atoms with Crippen LogP contribution in [0.25, 0.3) is 0 Å². The van der Waals surface area contributed by atoms with Gasteiger partial charge in [0.2, 0.25) is 0 Å². The Morgan fingerprint density at radius 3 is 0.885 bits per heavy atom. The van der Waals surface area contributed by atoms with Crippen LogP contribution < -0.4 is 15.9 Å². The van der Waals surface area contributed by atoms with Crippen molar-refractivity contribution in [1.82, 2.24) is 0 Å². The summed E-state index contributed by atoms with van der Waals surface area (Å²) in [7, 11) is -0.483. The van der Waals surface area contributed by atoms with Crippen LogP contribution in [0.4, 0.5) is 0 Å².